The lowest BCUT2D eigenvalue weighted by Gasteiger charge is -2.37. The maximum absolute atomic E-state index is 5.44. The number of hydrogen-bond acceptors (Lipinski definition) is 4. The zero-order valence-corrected chi connectivity index (χ0v) is 16.9. The number of benzene rings is 1. The average molecular weight is 374 g/mol. The number of guanidine groups is 1. The zero-order chi connectivity index (χ0) is 18.9. The molecule has 1 unspecified atom stereocenters. The zero-order valence-electron chi connectivity index (χ0n) is 16.9. The highest BCUT2D eigenvalue weighted by atomic mass is 16.5. The van der Waals surface area contributed by atoms with Crippen LogP contribution < -0.4 is 5.32 Å². The van der Waals surface area contributed by atoms with Crippen LogP contribution in [0.4, 0.5) is 0 Å². The molecule has 1 atom stereocenters. The molecule has 2 heterocycles. The van der Waals surface area contributed by atoms with E-state index in [0.29, 0.717) is 5.92 Å². The normalized spacial score (nSPS) is 21.3. The second-order valence-electron chi connectivity index (χ2n) is 7.70. The van der Waals surface area contributed by atoms with Crippen LogP contribution in [0.1, 0.15) is 12.5 Å². The van der Waals surface area contributed by atoms with Gasteiger partial charge in [0.25, 0.3) is 0 Å². The minimum Gasteiger partial charge on any atom is -0.379 e. The molecule has 6 heteroatoms. The third-order valence-corrected chi connectivity index (χ3v) is 5.41. The Balaban J connectivity index is 1.38. The Kier molecular flexibility index (Phi) is 7.93. The van der Waals surface area contributed by atoms with Crippen molar-refractivity contribution in [1.29, 1.82) is 0 Å². The minimum atomic E-state index is 0.596. The van der Waals surface area contributed by atoms with E-state index < -0.39 is 0 Å². The van der Waals surface area contributed by atoms with Gasteiger partial charge < -0.3 is 15.0 Å². The van der Waals surface area contributed by atoms with Crippen LogP contribution in [0.3, 0.4) is 0 Å². The van der Waals surface area contributed by atoms with Gasteiger partial charge in [0.1, 0.15) is 0 Å². The number of rotatable bonds is 6. The van der Waals surface area contributed by atoms with E-state index in [2.05, 4.69) is 62.3 Å². The largest absolute Gasteiger partial charge is 0.379 e. The number of nitrogens with one attached hydrogen (secondary N) is 1. The van der Waals surface area contributed by atoms with Gasteiger partial charge >= 0.3 is 0 Å². The first-order chi connectivity index (χ1) is 13.2. The molecule has 2 fully saturated rings. The van der Waals surface area contributed by atoms with E-state index >= 15 is 0 Å². The number of piperazine rings is 1. The number of ether oxygens (including phenoxy) is 1. The predicted molar refractivity (Wildman–Crippen MR) is 111 cm³/mol. The van der Waals surface area contributed by atoms with Crippen molar-refractivity contribution in [2.24, 2.45) is 10.9 Å². The summed E-state index contributed by atoms with van der Waals surface area (Å²) >= 11 is 0. The van der Waals surface area contributed by atoms with Gasteiger partial charge in [-0.2, -0.15) is 0 Å². The quantitative estimate of drug-likeness (QED) is 0.602. The Morgan fingerprint density at radius 3 is 2.41 bits per heavy atom. The van der Waals surface area contributed by atoms with E-state index in [9.17, 15) is 0 Å². The molecule has 2 aliphatic rings. The summed E-state index contributed by atoms with van der Waals surface area (Å²) in [5, 5.41) is 3.59. The Bertz CT molecular complexity index is 565. The molecule has 1 aromatic carbocycles. The van der Waals surface area contributed by atoms with Crippen molar-refractivity contribution in [3.8, 4) is 0 Å². The van der Waals surface area contributed by atoms with Crippen LogP contribution in [0, 0.1) is 5.92 Å². The molecule has 0 amide bonds. The third-order valence-electron chi connectivity index (χ3n) is 5.41. The number of nitrogens with zero attached hydrogens (tertiary/aromatic N) is 4. The molecule has 2 aliphatic heterocycles. The summed E-state index contributed by atoms with van der Waals surface area (Å²) in [6.07, 6.45) is 0. The summed E-state index contributed by atoms with van der Waals surface area (Å²) in [5.41, 5.74) is 1.39. The first-order valence-electron chi connectivity index (χ1n) is 10.3. The molecule has 3 rings (SSSR count). The molecule has 0 saturated carbocycles. The van der Waals surface area contributed by atoms with Crippen molar-refractivity contribution >= 4 is 5.96 Å². The van der Waals surface area contributed by atoms with E-state index in [-0.39, 0.29) is 0 Å². The van der Waals surface area contributed by atoms with Gasteiger partial charge in [0, 0.05) is 66.0 Å². The van der Waals surface area contributed by atoms with Gasteiger partial charge in [0.15, 0.2) is 5.96 Å². The Hall–Kier alpha value is -1.63. The molecular formula is C21H35N5O. The van der Waals surface area contributed by atoms with E-state index in [0.717, 1.165) is 78.1 Å². The minimum absolute atomic E-state index is 0.596. The van der Waals surface area contributed by atoms with Gasteiger partial charge in [0.2, 0.25) is 0 Å². The van der Waals surface area contributed by atoms with Gasteiger partial charge in [-0.15, -0.1) is 0 Å². The maximum Gasteiger partial charge on any atom is 0.193 e. The fourth-order valence-electron chi connectivity index (χ4n) is 3.85. The molecule has 0 spiro atoms. The van der Waals surface area contributed by atoms with E-state index in [1.165, 1.54) is 5.56 Å². The van der Waals surface area contributed by atoms with Crippen LogP contribution >= 0.6 is 0 Å². The lowest BCUT2D eigenvalue weighted by molar-refractivity contribution is 0.0320. The maximum atomic E-state index is 5.44. The molecule has 1 aromatic rings. The molecule has 6 nitrogen and oxygen atoms in total. The van der Waals surface area contributed by atoms with Gasteiger partial charge in [-0.1, -0.05) is 37.3 Å². The molecule has 0 bridgehead atoms. The molecule has 0 aliphatic carbocycles. The smallest absolute Gasteiger partial charge is 0.193 e. The van der Waals surface area contributed by atoms with Crippen LogP contribution in [0.25, 0.3) is 0 Å². The topological polar surface area (TPSA) is 43.3 Å². The van der Waals surface area contributed by atoms with Crippen molar-refractivity contribution in [3.05, 3.63) is 35.9 Å². The van der Waals surface area contributed by atoms with Crippen molar-refractivity contribution in [2.45, 2.75) is 13.5 Å². The van der Waals surface area contributed by atoms with Gasteiger partial charge in [0.05, 0.1) is 13.2 Å². The SMILES string of the molecule is CN=C(NCC(C)CN1CCOCC1)N1CCN(Cc2ccccc2)CC1. The van der Waals surface area contributed by atoms with Crippen molar-refractivity contribution < 1.29 is 4.74 Å². The summed E-state index contributed by atoms with van der Waals surface area (Å²) in [4.78, 5) is 11.9. The van der Waals surface area contributed by atoms with E-state index in [1.807, 2.05) is 7.05 Å². The molecule has 0 radical (unpaired) electrons. The fraction of sp³-hybridized carbons (Fsp3) is 0.667. The number of aliphatic imine (C=N–C) groups is 1. The summed E-state index contributed by atoms with van der Waals surface area (Å²) in [5.74, 6) is 1.64. The fourth-order valence-corrected chi connectivity index (χ4v) is 3.85. The highest BCUT2D eigenvalue weighted by molar-refractivity contribution is 5.80. The number of morpholine rings is 1. The highest BCUT2D eigenvalue weighted by Gasteiger charge is 2.20. The Morgan fingerprint density at radius 2 is 1.74 bits per heavy atom. The monoisotopic (exact) mass is 373 g/mol. The molecule has 27 heavy (non-hydrogen) atoms. The molecule has 1 N–H and O–H groups in total. The standard InChI is InChI=1S/C21H35N5O/c1-19(17-25-12-14-27-15-13-25)16-23-21(22-2)26-10-8-24(9-11-26)18-20-6-4-3-5-7-20/h3-7,19H,8-18H2,1-2H3,(H,22,23). The van der Waals surface area contributed by atoms with Gasteiger partial charge in [-0.25, -0.2) is 0 Å². The lowest BCUT2D eigenvalue weighted by atomic mass is 10.1. The number of hydrogen-bond donors (Lipinski definition) is 1. The Morgan fingerprint density at radius 1 is 1.04 bits per heavy atom. The van der Waals surface area contributed by atoms with Crippen LogP contribution in [-0.2, 0) is 11.3 Å². The molecule has 2 saturated heterocycles. The van der Waals surface area contributed by atoms with Gasteiger partial charge in [-0.05, 0) is 11.5 Å². The van der Waals surface area contributed by atoms with Crippen LogP contribution in [0.2, 0.25) is 0 Å². The second kappa shape index (κ2) is 10.6. The van der Waals surface area contributed by atoms with E-state index in [1.54, 1.807) is 0 Å². The van der Waals surface area contributed by atoms with Crippen LogP contribution in [-0.4, -0.2) is 93.3 Å². The van der Waals surface area contributed by atoms with Crippen molar-refractivity contribution in [3.63, 3.8) is 0 Å². The second-order valence-corrected chi connectivity index (χ2v) is 7.70. The molecule has 0 aromatic heterocycles. The molecular weight excluding hydrogens is 338 g/mol. The lowest BCUT2D eigenvalue weighted by Crippen LogP contribution is -2.53. The summed E-state index contributed by atoms with van der Waals surface area (Å²) < 4.78 is 5.44. The van der Waals surface area contributed by atoms with Gasteiger partial charge in [-0.3, -0.25) is 14.8 Å². The van der Waals surface area contributed by atoms with Crippen molar-refractivity contribution in [2.75, 3.05) is 72.6 Å². The highest BCUT2D eigenvalue weighted by Crippen LogP contribution is 2.09. The van der Waals surface area contributed by atoms with Crippen LogP contribution in [0.15, 0.2) is 35.3 Å². The average Bonchev–Trinajstić information content (AvgIpc) is 2.71. The Labute approximate surface area is 164 Å². The summed E-state index contributed by atoms with van der Waals surface area (Å²) in [6, 6.07) is 10.7. The summed E-state index contributed by atoms with van der Waals surface area (Å²) in [6.45, 7) is 13.5. The summed E-state index contributed by atoms with van der Waals surface area (Å²) in [7, 11) is 1.89. The predicted octanol–water partition coefficient (Wildman–Crippen LogP) is 1.35. The first kappa shape index (κ1) is 20.1. The molecule has 150 valence electrons. The van der Waals surface area contributed by atoms with Crippen molar-refractivity contribution in [1.82, 2.24) is 20.0 Å². The van der Waals surface area contributed by atoms with Crippen LogP contribution in [0.5, 0.6) is 0 Å². The third kappa shape index (κ3) is 6.48. The van der Waals surface area contributed by atoms with E-state index in [4.69, 9.17) is 4.74 Å². The first-order valence-corrected chi connectivity index (χ1v) is 10.3.